The minimum Gasteiger partial charge on any atom is -0.444 e. The van der Waals surface area contributed by atoms with Crippen LogP contribution in [0.25, 0.3) is 10.6 Å². The number of aliphatic hydroxyl groups excluding tert-OH is 1. The van der Waals surface area contributed by atoms with Gasteiger partial charge in [-0.15, -0.1) is 11.3 Å². The van der Waals surface area contributed by atoms with Crippen molar-refractivity contribution in [2.75, 3.05) is 7.05 Å². The molecule has 0 aliphatic rings. The van der Waals surface area contributed by atoms with Crippen molar-refractivity contribution in [1.29, 1.82) is 0 Å². The molecule has 0 fully saturated rings. The van der Waals surface area contributed by atoms with E-state index in [1.54, 1.807) is 31.4 Å². The summed E-state index contributed by atoms with van der Waals surface area (Å²) in [5, 5.41) is 23.1. The zero-order valence-electron chi connectivity index (χ0n) is 30.4. The van der Waals surface area contributed by atoms with Crippen molar-refractivity contribution >= 4 is 40.9 Å². The van der Waals surface area contributed by atoms with Crippen LogP contribution < -0.4 is 16.0 Å². The molecule has 11 nitrogen and oxygen atoms in total. The Labute approximate surface area is 322 Å². The van der Waals surface area contributed by atoms with Crippen LogP contribution in [0.4, 0.5) is 14.0 Å². The number of hydrogen-bond donors (Lipinski definition) is 4. The molecule has 4 N–H and O–H groups in total. The average Bonchev–Trinajstić information content (AvgIpc) is 3.86. The summed E-state index contributed by atoms with van der Waals surface area (Å²) >= 11 is 2.63. The smallest absolute Gasteiger partial charge is 0.407 e. The van der Waals surface area contributed by atoms with Crippen LogP contribution in [0.2, 0.25) is 0 Å². The summed E-state index contributed by atoms with van der Waals surface area (Å²) in [5.74, 6) is -0.998. The Hall–Kier alpha value is -5.18. The lowest BCUT2D eigenvalue weighted by Gasteiger charge is -2.30. The van der Waals surface area contributed by atoms with Crippen LogP contribution in [0, 0.1) is 11.7 Å². The van der Waals surface area contributed by atoms with Crippen molar-refractivity contribution < 1.29 is 28.6 Å². The van der Waals surface area contributed by atoms with E-state index in [1.807, 2.05) is 79.9 Å². The van der Waals surface area contributed by atoms with Crippen LogP contribution in [0.3, 0.4) is 0 Å². The number of nitrogens with zero attached hydrogens (tertiary/aromatic N) is 3. The standard InChI is InChI=1S/C40H45FN6O5S2/c1-26(2)36(46-39(50)47(3)23-32-25-53-38(44-32)29-14-16-30(41)17-15-29)37(49)43-31(20-27-10-6-4-7-11-27)22-35(48)34(21-28-12-8-5-9-13-28)45-40(51)52-24-33-18-19-42-54-33/h4-19,25-26,31,34-36,48H,20-24H2,1-3H3,(H,43,49)(H,45,51)(H,46,50)/t31-,34-,35-,36-/m0/s1. The Balaban J connectivity index is 1.26. The molecular weight excluding hydrogens is 728 g/mol. The molecule has 3 aromatic carbocycles. The van der Waals surface area contributed by atoms with Gasteiger partial charge in [0.15, 0.2) is 0 Å². The van der Waals surface area contributed by atoms with Crippen molar-refractivity contribution in [2.45, 2.75) is 70.5 Å². The van der Waals surface area contributed by atoms with Gasteiger partial charge in [-0.05, 0) is 78.2 Å². The second-order valence-electron chi connectivity index (χ2n) is 13.4. The fourth-order valence-corrected chi connectivity index (χ4v) is 7.14. The summed E-state index contributed by atoms with van der Waals surface area (Å²) in [7, 11) is 1.62. The van der Waals surface area contributed by atoms with Crippen LogP contribution in [0.15, 0.2) is 103 Å². The molecule has 14 heteroatoms. The van der Waals surface area contributed by atoms with Gasteiger partial charge in [0.2, 0.25) is 5.91 Å². The number of alkyl carbamates (subject to hydrolysis) is 1. The number of benzene rings is 3. The molecule has 2 aromatic heterocycles. The fraction of sp³-hybridized carbons (Fsp3) is 0.325. The highest BCUT2D eigenvalue weighted by Crippen LogP contribution is 2.24. The van der Waals surface area contributed by atoms with E-state index in [0.29, 0.717) is 23.5 Å². The lowest BCUT2D eigenvalue weighted by Crippen LogP contribution is -2.55. The number of urea groups is 1. The second kappa shape index (κ2) is 19.8. The molecule has 0 aliphatic heterocycles. The molecular formula is C40H45FN6O5S2. The van der Waals surface area contributed by atoms with Crippen LogP contribution >= 0.6 is 22.9 Å². The Bertz CT molecular complexity index is 1910. The largest absolute Gasteiger partial charge is 0.444 e. The van der Waals surface area contributed by atoms with Crippen LogP contribution in [-0.2, 0) is 35.5 Å². The number of halogens is 1. The average molecular weight is 773 g/mol. The van der Waals surface area contributed by atoms with Crippen molar-refractivity contribution in [1.82, 2.24) is 30.2 Å². The van der Waals surface area contributed by atoms with Crippen LogP contribution in [0.5, 0.6) is 0 Å². The second-order valence-corrected chi connectivity index (χ2v) is 15.1. The number of amides is 4. The third-order valence-electron chi connectivity index (χ3n) is 8.72. The van der Waals surface area contributed by atoms with E-state index in [9.17, 15) is 23.9 Å². The number of hydrogen-bond acceptors (Lipinski definition) is 9. The van der Waals surface area contributed by atoms with Gasteiger partial charge in [-0.3, -0.25) is 4.79 Å². The minimum absolute atomic E-state index is 0.0512. The third kappa shape index (κ3) is 12.2. The van der Waals surface area contributed by atoms with Crippen molar-refractivity contribution in [2.24, 2.45) is 5.92 Å². The Morgan fingerprint density at radius 2 is 1.56 bits per heavy atom. The van der Waals surface area contributed by atoms with Gasteiger partial charge in [0.25, 0.3) is 0 Å². The summed E-state index contributed by atoms with van der Waals surface area (Å²) in [6, 6.07) is 24.3. The quantitative estimate of drug-likeness (QED) is 0.0835. The molecule has 284 valence electrons. The van der Waals surface area contributed by atoms with E-state index in [-0.39, 0.29) is 31.3 Å². The van der Waals surface area contributed by atoms with Gasteiger partial charge in [0.1, 0.15) is 23.5 Å². The molecule has 5 rings (SSSR count). The SMILES string of the molecule is CC(C)[C@H](NC(=O)N(C)Cc1csc(-c2ccc(F)cc2)n1)C(=O)N[C@@H](Cc1ccccc1)C[C@H](O)[C@H](Cc1ccccc1)NC(=O)OCc1ccns1. The summed E-state index contributed by atoms with van der Waals surface area (Å²) < 4.78 is 22.8. The number of aromatic nitrogens is 2. The monoisotopic (exact) mass is 772 g/mol. The highest BCUT2D eigenvalue weighted by Gasteiger charge is 2.31. The lowest BCUT2D eigenvalue weighted by molar-refractivity contribution is -0.124. The molecule has 0 radical (unpaired) electrons. The lowest BCUT2D eigenvalue weighted by atomic mass is 9.93. The number of thiazole rings is 1. The normalized spacial score (nSPS) is 13.4. The predicted octanol–water partition coefficient (Wildman–Crippen LogP) is 6.59. The summed E-state index contributed by atoms with van der Waals surface area (Å²) in [4.78, 5) is 47.1. The van der Waals surface area contributed by atoms with Crippen LogP contribution in [0.1, 0.15) is 42.0 Å². The van der Waals surface area contributed by atoms with E-state index >= 15 is 0 Å². The molecule has 0 saturated carbocycles. The van der Waals surface area contributed by atoms with E-state index in [2.05, 4.69) is 25.3 Å². The maximum Gasteiger partial charge on any atom is 0.407 e. The number of carbonyl (C=O) groups is 3. The van der Waals surface area contributed by atoms with E-state index in [0.717, 1.165) is 21.6 Å². The molecule has 0 bridgehead atoms. The van der Waals surface area contributed by atoms with Gasteiger partial charge < -0.3 is 30.7 Å². The Morgan fingerprint density at radius 3 is 2.19 bits per heavy atom. The number of nitrogens with one attached hydrogen (secondary N) is 3. The zero-order valence-corrected chi connectivity index (χ0v) is 32.0. The van der Waals surface area contributed by atoms with Gasteiger partial charge in [0.05, 0.1) is 29.3 Å². The van der Waals surface area contributed by atoms with Crippen LogP contribution in [-0.4, -0.2) is 68.7 Å². The first-order valence-corrected chi connectivity index (χ1v) is 19.3. The van der Waals surface area contributed by atoms with Gasteiger partial charge in [-0.1, -0.05) is 74.5 Å². The molecule has 0 spiro atoms. The molecule has 0 aliphatic carbocycles. The topological polar surface area (TPSA) is 146 Å². The number of rotatable bonds is 17. The van der Waals surface area contributed by atoms with E-state index < -0.39 is 42.3 Å². The first-order valence-electron chi connectivity index (χ1n) is 17.6. The first kappa shape index (κ1) is 40.0. The predicted molar refractivity (Wildman–Crippen MR) is 208 cm³/mol. The zero-order chi connectivity index (χ0) is 38.5. The highest BCUT2D eigenvalue weighted by molar-refractivity contribution is 7.13. The third-order valence-corrected chi connectivity index (χ3v) is 10.4. The van der Waals surface area contributed by atoms with Gasteiger partial charge in [-0.25, -0.2) is 23.3 Å². The molecule has 4 atom stereocenters. The molecule has 5 aromatic rings. The number of carbonyl (C=O) groups excluding carboxylic acids is 3. The van der Waals surface area contributed by atoms with Gasteiger partial charge in [0, 0.05) is 30.2 Å². The molecule has 0 saturated heterocycles. The molecule has 4 amide bonds. The molecule has 54 heavy (non-hydrogen) atoms. The summed E-state index contributed by atoms with van der Waals surface area (Å²) in [5.41, 5.74) is 3.29. The van der Waals surface area contributed by atoms with Crippen molar-refractivity contribution in [3.05, 3.63) is 130 Å². The Morgan fingerprint density at radius 1 is 0.889 bits per heavy atom. The van der Waals surface area contributed by atoms with Crippen molar-refractivity contribution in [3.8, 4) is 10.6 Å². The minimum atomic E-state index is -1.08. The maximum absolute atomic E-state index is 13.9. The summed E-state index contributed by atoms with van der Waals surface area (Å²) in [6.45, 7) is 3.94. The molecule has 2 heterocycles. The maximum atomic E-state index is 13.9. The Kier molecular flexibility index (Phi) is 14.6. The van der Waals surface area contributed by atoms with Gasteiger partial charge in [-0.2, -0.15) is 0 Å². The van der Waals surface area contributed by atoms with Gasteiger partial charge >= 0.3 is 12.1 Å². The molecule has 0 unspecified atom stereocenters. The van der Waals surface area contributed by atoms with E-state index in [1.165, 1.54) is 39.9 Å². The van der Waals surface area contributed by atoms with Crippen molar-refractivity contribution in [3.63, 3.8) is 0 Å². The highest BCUT2D eigenvalue weighted by atomic mass is 32.1. The summed E-state index contributed by atoms with van der Waals surface area (Å²) in [6.07, 6.45) is 0.704. The van der Waals surface area contributed by atoms with E-state index in [4.69, 9.17) is 4.74 Å². The number of aliphatic hydroxyl groups is 1. The first-order chi connectivity index (χ1) is 26.0. The number of ether oxygens (including phenoxy) is 1. The fourth-order valence-electron chi connectivity index (χ4n) is 5.83.